The maximum atomic E-state index is 9.69. The van der Waals surface area contributed by atoms with Gasteiger partial charge in [-0.05, 0) is 59.9 Å². The standard InChI is InChI=1S/C18H20BN3O2S/c20-9-13-14(21)5-6-15-16(13)10-3-1-2-4-11(10)17(22-15)12-7-8-25-18(12)19(23)24/h5-9,13-14,20,23-24H,1-4,21H2. The van der Waals surface area contributed by atoms with Crippen molar-refractivity contribution in [3.63, 3.8) is 0 Å². The van der Waals surface area contributed by atoms with Crippen LogP contribution in [0.2, 0.25) is 0 Å². The number of pyridine rings is 1. The summed E-state index contributed by atoms with van der Waals surface area (Å²) in [4.78, 5) is 4.88. The minimum atomic E-state index is -1.50. The molecule has 0 saturated heterocycles. The first-order valence-corrected chi connectivity index (χ1v) is 9.43. The minimum absolute atomic E-state index is 0.140. The highest BCUT2D eigenvalue weighted by Gasteiger charge is 2.31. The molecular weight excluding hydrogens is 333 g/mol. The van der Waals surface area contributed by atoms with Crippen LogP contribution in [-0.4, -0.2) is 34.4 Å². The number of nitrogens with two attached hydrogens (primary N) is 1. The summed E-state index contributed by atoms with van der Waals surface area (Å²) in [7, 11) is -1.50. The first-order valence-electron chi connectivity index (χ1n) is 8.55. The summed E-state index contributed by atoms with van der Waals surface area (Å²) < 4.78 is 0.528. The van der Waals surface area contributed by atoms with E-state index in [-0.39, 0.29) is 12.0 Å². The highest BCUT2D eigenvalue weighted by Crippen LogP contribution is 2.39. The smallest absolute Gasteiger partial charge is 0.423 e. The molecular formula is C18H20BN3O2S. The first-order chi connectivity index (χ1) is 12.1. The first kappa shape index (κ1) is 16.7. The number of rotatable bonds is 3. The Balaban J connectivity index is 1.98. The van der Waals surface area contributed by atoms with Crippen LogP contribution in [0.25, 0.3) is 17.3 Å². The van der Waals surface area contributed by atoms with Crippen molar-refractivity contribution in [1.82, 2.24) is 4.98 Å². The van der Waals surface area contributed by atoms with E-state index in [4.69, 9.17) is 16.1 Å². The summed E-state index contributed by atoms with van der Waals surface area (Å²) >= 11 is 1.33. The van der Waals surface area contributed by atoms with E-state index in [1.807, 2.05) is 23.6 Å². The van der Waals surface area contributed by atoms with E-state index >= 15 is 0 Å². The fourth-order valence-corrected chi connectivity index (χ4v) is 4.78. The Morgan fingerprint density at radius 1 is 1.28 bits per heavy atom. The van der Waals surface area contributed by atoms with Crippen molar-refractivity contribution in [3.05, 3.63) is 39.9 Å². The number of fused-ring (bicyclic) bond motifs is 3. The van der Waals surface area contributed by atoms with Gasteiger partial charge in [0.25, 0.3) is 0 Å². The molecule has 2 heterocycles. The van der Waals surface area contributed by atoms with Crippen molar-refractivity contribution in [2.24, 2.45) is 5.73 Å². The van der Waals surface area contributed by atoms with Crippen LogP contribution in [0.4, 0.5) is 0 Å². The van der Waals surface area contributed by atoms with E-state index in [2.05, 4.69) is 0 Å². The molecule has 0 fully saturated rings. The lowest BCUT2D eigenvalue weighted by Crippen LogP contribution is -2.32. The summed E-state index contributed by atoms with van der Waals surface area (Å²) in [6.07, 6.45) is 9.37. The van der Waals surface area contributed by atoms with Crippen LogP contribution >= 0.6 is 11.3 Å². The maximum absolute atomic E-state index is 9.69. The number of nitrogens with one attached hydrogen (secondary N) is 1. The molecule has 0 amide bonds. The van der Waals surface area contributed by atoms with Crippen molar-refractivity contribution < 1.29 is 10.0 Å². The molecule has 2 unspecified atom stereocenters. The quantitative estimate of drug-likeness (QED) is 0.495. The molecule has 0 spiro atoms. The lowest BCUT2D eigenvalue weighted by molar-refractivity contribution is 0.427. The Morgan fingerprint density at radius 3 is 2.76 bits per heavy atom. The van der Waals surface area contributed by atoms with Gasteiger partial charge in [-0.1, -0.05) is 6.08 Å². The van der Waals surface area contributed by atoms with E-state index in [9.17, 15) is 10.0 Å². The van der Waals surface area contributed by atoms with E-state index in [1.165, 1.54) is 28.7 Å². The van der Waals surface area contributed by atoms with Crippen molar-refractivity contribution in [1.29, 1.82) is 5.41 Å². The van der Waals surface area contributed by atoms with Crippen LogP contribution in [0, 0.1) is 5.41 Å². The Labute approximate surface area is 150 Å². The zero-order chi connectivity index (χ0) is 17.6. The lowest BCUT2D eigenvalue weighted by atomic mass is 9.76. The molecule has 2 aromatic heterocycles. The van der Waals surface area contributed by atoms with Gasteiger partial charge in [0.1, 0.15) is 0 Å². The molecule has 0 bridgehead atoms. The SMILES string of the molecule is N=CC1c2c(nc(-c3ccsc3B(O)O)c3c2CCCC3)C=CC1N. The Bertz CT molecular complexity index is 862. The van der Waals surface area contributed by atoms with Crippen molar-refractivity contribution in [2.75, 3.05) is 0 Å². The monoisotopic (exact) mass is 353 g/mol. The lowest BCUT2D eigenvalue weighted by Gasteiger charge is -2.31. The normalized spacial score (nSPS) is 21.6. The summed E-state index contributed by atoms with van der Waals surface area (Å²) in [5.74, 6) is -0.140. The van der Waals surface area contributed by atoms with Gasteiger partial charge in [-0.2, -0.15) is 11.3 Å². The molecule has 25 heavy (non-hydrogen) atoms. The maximum Gasteiger partial charge on any atom is 0.499 e. The van der Waals surface area contributed by atoms with Crippen LogP contribution in [0.15, 0.2) is 17.5 Å². The van der Waals surface area contributed by atoms with E-state index in [1.54, 1.807) is 0 Å². The van der Waals surface area contributed by atoms with Crippen LogP contribution in [0.1, 0.15) is 41.1 Å². The second-order valence-corrected chi connectivity index (χ2v) is 7.57. The van der Waals surface area contributed by atoms with E-state index in [0.717, 1.165) is 48.2 Å². The van der Waals surface area contributed by atoms with E-state index in [0.29, 0.717) is 4.78 Å². The zero-order valence-corrected chi connectivity index (χ0v) is 14.6. The number of aromatic nitrogens is 1. The molecule has 5 nitrogen and oxygen atoms in total. The Hall–Kier alpha value is -1.80. The zero-order valence-electron chi connectivity index (χ0n) is 13.8. The van der Waals surface area contributed by atoms with Gasteiger partial charge in [-0.25, -0.2) is 4.98 Å². The van der Waals surface area contributed by atoms with Crippen LogP contribution < -0.4 is 10.5 Å². The van der Waals surface area contributed by atoms with Gasteiger partial charge in [-0.15, -0.1) is 0 Å². The third-order valence-electron chi connectivity index (χ3n) is 5.18. The molecule has 2 atom stereocenters. The molecule has 7 heteroatoms. The Kier molecular flexibility index (Phi) is 4.33. The number of hydrogen-bond acceptors (Lipinski definition) is 6. The van der Waals surface area contributed by atoms with Gasteiger partial charge in [0.05, 0.1) is 11.4 Å². The molecule has 0 radical (unpaired) electrons. The predicted octanol–water partition coefficient (Wildman–Crippen LogP) is 1.46. The summed E-state index contributed by atoms with van der Waals surface area (Å²) in [6.45, 7) is 0. The highest BCUT2D eigenvalue weighted by atomic mass is 32.1. The van der Waals surface area contributed by atoms with Gasteiger partial charge in [0, 0.05) is 28.5 Å². The van der Waals surface area contributed by atoms with Gasteiger partial charge < -0.3 is 21.2 Å². The van der Waals surface area contributed by atoms with Gasteiger partial charge in [-0.3, -0.25) is 0 Å². The highest BCUT2D eigenvalue weighted by molar-refractivity contribution is 7.21. The van der Waals surface area contributed by atoms with Crippen molar-refractivity contribution in [3.8, 4) is 11.3 Å². The number of thiophene rings is 1. The molecule has 2 aliphatic carbocycles. The Morgan fingerprint density at radius 2 is 2.04 bits per heavy atom. The molecule has 5 N–H and O–H groups in total. The van der Waals surface area contributed by atoms with E-state index < -0.39 is 7.12 Å². The van der Waals surface area contributed by atoms with Crippen molar-refractivity contribution >= 4 is 35.5 Å². The molecule has 2 aromatic rings. The van der Waals surface area contributed by atoms with Crippen molar-refractivity contribution in [2.45, 2.75) is 37.6 Å². The van der Waals surface area contributed by atoms with Gasteiger partial charge in [0.15, 0.2) is 0 Å². The largest absolute Gasteiger partial charge is 0.499 e. The molecule has 2 aliphatic rings. The summed E-state index contributed by atoms with van der Waals surface area (Å²) in [6, 6.07) is 1.72. The number of nitrogens with zero attached hydrogens (tertiary/aromatic N) is 1. The summed E-state index contributed by atoms with van der Waals surface area (Å²) in [5.41, 5.74) is 12.2. The topological polar surface area (TPSA) is 103 Å². The van der Waals surface area contributed by atoms with Gasteiger partial charge >= 0.3 is 7.12 Å². The predicted molar refractivity (Wildman–Crippen MR) is 103 cm³/mol. The molecule has 128 valence electrons. The fourth-order valence-electron chi connectivity index (χ4n) is 4.01. The minimum Gasteiger partial charge on any atom is -0.423 e. The molecule has 4 rings (SSSR count). The molecule has 0 aliphatic heterocycles. The fraction of sp³-hybridized carbons (Fsp3) is 0.333. The summed E-state index contributed by atoms with van der Waals surface area (Å²) in [5, 5.41) is 29.1. The molecule has 0 aromatic carbocycles. The van der Waals surface area contributed by atoms with Crippen LogP contribution in [-0.2, 0) is 12.8 Å². The second kappa shape index (κ2) is 6.50. The third-order valence-corrected chi connectivity index (χ3v) is 6.13. The molecule has 0 saturated carbocycles. The van der Waals surface area contributed by atoms with Crippen LogP contribution in [0.5, 0.6) is 0 Å². The number of hydrogen-bond donors (Lipinski definition) is 4. The average molecular weight is 353 g/mol. The van der Waals surface area contributed by atoms with Crippen LogP contribution in [0.3, 0.4) is 0 Å². The third kappa shape index (κ3) is 2.68. The average Bonchev–Trinajstić information content (AvgIpc) is 3.11. The van der Waals surface area contributed by atoms with Gasteiger partial charge in [0.2, 0.25) is 0 Å². The second-order valence-electron chi connectivity index (χ2n) is 6.62.